The summed E-state index contributed by atoms with van der Waals surface area (Å²) in [4.78, 5) is 15.5. The Morgan fingerprint density at radius 1 is 1.07 bits per heavy atom. The molecule has 1 heterocycles. The first-order valence-corrected chi connectivity index (χ1v) is 9.01. The smallest absolute Gasteiger partial charge is 0.360 e. The van der Waals surface area contributed by atoms with Crippen LogP contribution in [0, 0.1) is 0 Å². The number of carbonyl (C=O) groups is 1. The lowest BCUT2D eigenvalue weighted by Gasteiger charge is -2.33. The number of anilines is 2. The van der Waals surface area contributed by atoms with E-state index in [2.05, 4.69) is 10.2 Å². The van der Waals surface area contributed by atoms with Gasteiger partial charge in [0.2, 0.25) is 0 Å². The van der Waals surface area contributed by atoms with Crippen molar-refractivity contribution in [3.63, 3.8) is 0 Å². The maximum absolute atomic E-state index is 13.0. The number of rotatable bonds is 4. The van der Waals surface area contributed by atoms with Crippen molar-refractivity contribution in [3.05, 3.63) is 59.1 Å². The monoisotopic (exact) mass is 398 g/mol. The molecule has 1 aliphatic rings. The molecule has 2 aromatic carbocycles. The molecule has 0 aliphatic carbocycles. The molecule has 0 unspecified atom stereocenters. The van der Waals surface area contributed by atoms with Crippen molar-refractivity contribution in [2.45, 2.75) is 6.18 Å². The Kier molecular flexibility index (Phi) is 5.92. The van der Waals surface area contributed by atoms with Crippen LogP contribution in [-0.2, 0) is 11.0 Å². The third-order valence-electron chi connectivity index (χ3n) is 4.58. The maximum atomic E-state index is 13.0. The first-order valence-electron chi connectivity index (χ1n) is 8.63. The Hall–Kier alpha value is -2.25. The number of para-hydroxylation sites is 1. The number of quaternary nitrogens is 1. The van der Waals surface area contributed by atoms with Gasteiger partial charge in [-0.15, -0.1) is 0 Å². The fourth-order valence-electron chi connectivity index (χ4n) is 3.17. The Labute approximate surface area is 160 Å². The minimum atomic E-state index is -4.50. The number of nitrogens with zero attached hydrogens (tertiary/aromatic N) is 1. The fraction of sp³-hybridized carbons (Fsp3) is 0.316. The second-order valence-corrected chi connectivity index (χ2v) is 6.92. The van der Waals surface area contributed by atoms with Gasteiger partial charge in [0.25, 0.3) is 5.91 Å². The Morgan fingerprint density at radius 2 is 1.70 bits per heavy atom. The molecule has 1 aliphatic heterocycles. The highest BCUT2D eigenvalue weighted by atomic mass is 35.5. The first-order chi connectivity index (χ1) is 12.8. The van der Waals surface area contributed by atoms with E-state index in [1.165, 1.54) is 18.2 Å². The molecule has 2 N–H and O–H groups in total. The number of hydrogen-bond donors (Lipinski definition) is 2. The van der Waals surface area contributed by atoms with Gasteiger partial charge >= 0.3 is 6.18 Å². The number of nitrogens with one attached hydrogen (secondary N) is 2. The van der Waals surface area contributed by atoms with Crippen LogP contribution in [0.15, 0.2) is 48.5 Å². The van der Waals surface area contributed by atoms with Crippen LogP contribution in [0.5, 0.6) is 0 Å². The minimum Gasteiger partial charge on any atom is -0.360 e. The van der Waals surface area contributed by atoms with E-state index in [1.807, 2.05) is 24.3 Å². The number of amides is 1. The molecule has 0 bridgehead atoms. The average Bonchev–Trinajstić information content (AvgIpc) is 2.62. The lowest BCUT2D eigenvalue weighted by molar-refractivity contribution is -0.892. The zero-order valence-corrected chi connectivity index (χ0v) is 15.3. The third kappa shape index (κ3) is 5.14. The van der Waals surface area contributed by atoms with E-state index in [0.717, 1.165) is 42.8 Å². The van der Waals surface area contributed by atoms with Gasteiger partial charge in [-0.1, -0.05) is 23.7 Å². The highest BCUT2D eigenvalue weighted by molar-refractivity contribution is 6.30. The van der Waals surface area contributed by atoms with Gasteiger partial charge in [-0.25, -0.2) is 0 Å². The first kappa shape index (κ1) is 19.5. The van der Waals surface area contributed by atoms with Crippen molar-refractivity contribution in [1.82, 2.24) is 0 Å². The molecule has 1 amide bonds. The summed E-state index contributed by atoms with van der Waals surface area (Å²) in [5.41, 5.74) is 0.0390. The van der Waals surface area contributed by atoms with Crippen LogP contribution < -0.4 is 15.1 Å². The zero-order chi connectivity index (χ0) is 19.4. The Morgan fingerprint density at radius 3 is 2.33 bits per heavy atom. The Balaban J connectivity index is 1.54. The van der Waals surface area contributed by atoms with Crippen LogP contribution in [0.4, 0.5) is 24.5 Å². The molecule has 1 saturated heterocycles. The molecule has 0 radical (unpaired) electrons. The zero-order valence-electron chi connectivity index (χ0n) is 14.5. The summed E-state index contributed by atoms with van der Waals surface area (Å²) in [5, 5.41) is 3.08. The van der Waals surface area contributed by atoms with E-state index in [9.17, 15) is 18.0 Å². The predicted octanol–water partition coefficient (Wildman–Crippen LogP) is 2.70. The van der Waals surface area contributed by atoms with Crippen molar-refractivity contribution >= 4 is 28.9 Å². The predicted molar refractivity (Wildman–Crippen MR) is 99.3 cm³/mol. The molecule has 3 rings (SSSR count). The molecule has 2 aromatic rings. The number of benzene rings is 2. The van der Waals surface area contributed by atoms with Crippen LogP contribution in [0.1, 0.15) is 5.56 Å². The molecule has 0 atom stereocenters. The minimum absolute atomic E-state index is 0.140. The summed E-state index contributed by atoms with van der Waals surface area (Å²) in [6.07, 6.45) is -4.50. The second kappa shape index (κ2) is 8.19. The summed E-state index contributed by atoms with van der Waals surface area (Å²) in [5.74, 6) is -0.415. The molecule has 27 heavy (non-hydrogen) atoms. The molecule has 8 heteroatoms. The van der Waals surface area contributed by atoms with Gasteiger partial charge in [0.05, 0.1) is 37.4 Å². The van der Waals surface area contributed by atoms with Gasteiger partial charge in [0.1, 0.15) is 0 Å². The molecule has 0 saturated carbocycles. The maximum Gasteiger partial charge on any atom is 0.418 e. The molecule has 0 spiro atoms. The van der Waals surface area contributed by atoms with E-state index in [0.29, 0.717) is 5.02 Å². The number of carbonyl (C=O) groups excluding carboxylic acids is 1. The van der Waals surface area contributed by atoms with E-state index < -0.39 is 17.6 Å². The molecular formula is C19H20ClF3N3O+. The number of hydrogen-bond acceptors (Lipinski definition) is 2. The molecule has 144 valence electrons. The highest BCUT2D eigenvalue weighted by Gasteiger charge is 2.34. The molecule has 0 aromatic heterocycles. The molecule has 4 nitrogen and oxygen atoms in total. The van der Waals surface area contributed by atoms with Crippen LogP contribution >= 0.6 is 11.6 Å². The van der Waals surface area contributed by atoms with Crippen LogP contribution in [-0.4, -0.2) is 38.6 Å². The summed E-state index contributed by atoms with van der Waals surface area (Å²) < 4.78 is 39.0. The van der Waals surface area contributed by atoms with Crippen molar-refractivity contribution < 1.29 is 22.9 Å². The number of halogens is 4. The summed E-state index contributed by atoms with van der Waals surface area (Å²) in [6, 6.07) is 12.6. The van der Waals surface area contributed by atoms with E-state index in [1.54, 1.807) is 0 Å². The Bertz CT molecular complexity index is 788. The van der Waals surface area contributed by atoms with Crippen LogP contribution in [0.3, 0.4) is 0 Å². The number of alkyl halides is 3. The fourth-order valence-corrected chi connectivity index (χ4v) is 3.30. The van der Waals surface area contributed by atoms with E-state index in [-0.39, 0.29) is 12.2 Å². The van der Waals surface area contributed by atoms with Gasteiger partial charge in [0.15, 0.2) is 6.54 Å². The third-order valence-corrected chi connectivity index (χ3v) is 4.83. The average molecular weight is 399 g/mol. The van der Waals surface area contributed by atoms with Gasteiger partial charge in [-0.2, -0.15) is 13.2 Å². The van der Waals surface area contributed by atoms with Crippen molar-refractivity contribution in [3.8, 4) is 0 Å². The lowest BCUT2D eigenvalue weighted by atomic mass is 10.1. The van der Waals surface area contributed by atoms with Gasteiger partial charge in [0, 0.05) is 10.7 Å². The normalized spacial score (nSPS) is 15.6. The topological polar surface area (TPSA) is 36.8 Å². The van der Waals surface area contributed by atoms with Crippen molar-refractivity contribution in [1.29, 1.82) is 0 Å². The lowest BCUT2D eigenvalue weighted by Crippen LogP contribution is -3.15. The van der Waals surface area contributed by atoms with Crippen molar-refractivity contribution in [2.75, 3.05) is 42.9 Å². The van der Waals surface area contributed by atoms with Gasteiger partial charge in [-0.3, -0.25) is 4.79 Å². The van der Waals surface area contributed by atoms with Crippen molar-refractivity contribution in [2.24, 2.45) is 0 Å². The van der Waals surface area contributed by atoms with E-state index in [4.69, 9.17) is 11.6 Å². The van der Waals surface area contributed by atoms with Gasteiger partial charge < -0.3 is 15.1 Å². The molecular weight excluding hydrogens is 379 g/mol. The van der Waals surface area contributed by atoms with E-state index >= 15 is 0 Å². The highest BCUT2D eigenvalue weighted by Crippen LogP contribution is 2.34. The summed E-state index contributed by atoms with van der Waals surface area (Å²) >= 11 is 5.90. The second-order valence-electron chi connectivity index (χ2n) is 6.48. The van der Waals surface area contributed by atoms with Gasteiger partial charge in [-0.05, 0) is 36.4 Å². The standard InChI is InChI=1S/C19H19ClF3N3O/c20-14-5-7-15(8-6-14)26-11-9-25(10-12-26)13-18(27)24-17-4-2-1-3-16(17)19(21,22)23/h1-8H,9-13H2,(H,24,27)/p+1. The van der Waals surface area contributed by atoms with Crippen LogP contribution in [0.25, 0.3) is 0 Å². The number of piperazine rings is 1. The SMILES string of the molecule is O=C(C[NH+]1CCN(c2ccc(Cl)cc2)CC1)Nc1ccccc1C(F)(F)F. The largest absolute Gasteiger partial charge is 0.418 e. The molecule has 1 fully saturated rings. The van der Waals surface area contributed by atoms with Crippen LogP contribution in [0.2, 0.25) is 5.02 Å². The summed E-state index contributed by atoms with van der Waals surface area (Å²) in [6.45, 7) is 3.14. The summed E-state index contributed by atoms with van der Waals surface area (Å²) in [7, 11) is 0. The quantitative estimate of drug-likeness (QED) is 0.831.